The van der Waals surface area contributed by atoms with Gasteiger partial charge in [-0.25, -0.2) is 0 Å². The van der Waals surface area contributed by atoms with Gasteiger partial charge in [-0.3, -0.25) is 4.79 Å². The Balaban J connectivity index is 1.31. The van der Waals surface area contributed by atoms with Crippen LogP contribution in [-0.4, -0.2) is 72.5 Å². The van der Waals surface area contributed by atoms with Gasteiger partial charge in [0.25, 0.3) is 0 Å². The van der Waals surface area contributed by atoms with Gasteiger partial charge in [0.15, 0.2) is 0 Å². The van der Waals surface area contributed by atoms with Crippen LogP contribution in [0, 0.1) is 70.0 Å². The van der Waals surface area contributed by atoms with E-state index >= 15 is 0 Å². The molecule has 6 N–H and O–H groups in total. The third-order valence-electron chi connectivity index (χ3n) is 15.0. The van der Waals surface area contributed by atoms with Gasteiger partial charge in [-0.15, -0.1) is 0 Å². The Morgan fingerprint density at radius 2 is 1.39 bits per heavy atom. The summed E-state index contributed by atoms with van der Waals surface area (Å²) in [6, 6.07) is 0. The predicted molar refractivity (Wildman–Crippen MR) is 168 cm³/mol. The number of carbonyl (C=O) groups excluding carboxylic acids is 1. The Morgan fingerprint density at radius 1 is 0.773 bits per heavy atom. The molecule has 0 amide bonds. The number of rotatable bonds is 5. The summed E-state index contributed by atoms with van der Waals surface area (Å²) in [7, 11) is 0. The van der Waals surface area contributed by atoms with Crippen LogP contribution >= 0.6 is 0 Å². The molecule has 17 atom stereocenters. The lowest BCUT2D eigenvalue weighted by molar-refractivity contribution is -0.330. The molecule has 44 heavy (non-hydrogen) atoms. The van der Waals surface area contributed by atoms with Crippen molar-refractivity contribution < 1.29 is 35.4 Å². The highest BCUT2D eigenvalue weighted by atomic mass is 16.4. The summed E-state index contributed by atoms with van der Waals surface area (Å²) in [5.74, 6) is 1.45. The molecule has 14 unspecified atom stereocenters. The average molecular weight is 619 g/mol. The van der Waals surface area contributed by atoms with Gasteiger partial charge in [-0.1, -0.05) is 47.0 Å². The zero-order valence-corrected chi connectivity index (χ0v) is 27.9. The molecule has 0 aromatic carbocycles. The largest absolute Gasteiger partial charge is 0.393 e. The highest BCUT2D eigenvalue weighted by Crippen LogP contribution is 2.68. The van der Waals surface area contributed by atoms with E-state index in [9.17, 15) is 35.4 Å². The summed E-state index contributed by atoms with van der Waals surface area (Å²) in [6.45, 7) is 9.91. The maximum Gasteiger partial charge on any atom is 0.138 e. The molecular formula is C37H62O7. The van der Waals surface area contributed by atoms with Crippen molar-refractivity contribution in [1.29, 1.82) is 0 Å². The second kappa shape index (κ2) is 11.8. The SMILES string of the molecule is CC(=O)C1C(O)C[C@]2(C)C[C@]3(C)CC4C(C5CCC(CCC(C)C)C6CCCCC65)CCC(O)C4C(O)C3C(O)[C@]2(O)C1O. The van der Waals surface area contributed by atoms with Crippen LogP contribution in [0.1, 0.15) is 118 Å². The first-order valence-electron chi connectivity index (χ1n) is 18.3. The van der Waals surface area contributed by atoms with Gasteiger partial charge in [-0.2, -0.15) is 0 Å². The predicted octanol–water partition coefficient (Wildman–Crippen LogP) is 4.48. The van der Waals surface area contributed by atoms with Crippen LogP contribution in [0.15, 0.2) is 0 Å². The Kier molecular flexibility index (Phi) is 8.97. The summed E-state index contributed by atoms with van der Waals surface area (Å²) in [6.07, 6.45) is 7.38. The van der Waals surface area contributed by atoms with Crippen LogP contribution in [0.2, 0.25) is 0 Å². The fraction of sp³-hybridized carbons (Fsp3) is 0.973. The third kappa shape index (κ3) is 5.00. The van der Waals surface area contributed by atoms with Crippen LogP contribution in [0.3, 0.4) is 0 Å². The first kappa shape index (κ1) is 33.3. The van der Waals surface area contributed by atoms with Crippen molar-refractivity contribution in [2.24, 2.45) is 70.0 Å². The fourth-order valence-electron chi connectivity index (χ4n) is 13.3. The Bertz CT molecular complexity index is 1060. The summed E-state index contributed by atoms with van der Waals surface area (Å²) >= 11 is 0. The number of hydrogen-bond donors (Lipinski definition) is 6. The van der Waals surface area contributed by atoms with E-state index in [1.54, 1.807) is 0 Å². The molecule has 0 radical (unpaired) electrons. The molecule has 6 fully saturated rings. The first-order chi connectivity index (χ1) is 20.6. The first-order valence-corrected chi connectivity index (χ1v) is 18.3. The molecule has 252 valence electrons. The van der Waals surface area contributed by atoms with Gasteiger partial charge in [0.1, 0.15) is 11.4 Å². The van der Waals surface area contributed by atoms with E-state index in [4.69, 9.17) is 0 Å². The van der Waals surface area contributed by atoms with E-state index < -0.39 is 64.6 Å². The topological polar surface area (TPSA) is 138 Å². The summed E-state index contributed by atoms with van der Waals surface area (Å²) in [4.78, 5) is 12.5. The minimum Gasteiger partial charge on any atom is -0.393 e. The van der Waals surface area contributed by atoms with Crippen LogP contribution < -0.4 is 0 Å². The molecule has 6 aliphatic rings. The fourth-order valence-corrected chi connectivity index (χ4v) is 13.3. The zero-order valence-electron chi connectivity index (χ0n) is 27.9. The Morgan fingerprint density at radius 3 is 2.05 bits per heavy atom. The van der Waals surface area contributed by atoms with Gasteiger partial charge in [-0.05, 0) is 118 Å². The Labute approximate surface area is 265 Å². The molecule has 0 heterocycles. The van der Waals surface area contributed by atoms with E-state index in [0.29, 0.717) is 30.6 Å². The van der Waals surface area contributed by atoms with Gasteiger partial charge >= 0.3 is 0 Å². The lowest BCUT2D eigenvalue weighted by Gasteiger charge is -2.69. The van der Waals surface area contributed by atoms with Crippen molar-refractivity contribution in [2.45, 2.75) is 154 Å². The maximum atomic E-state index is 12.5. The molecule has 0 spiro atoms. The quantitative estimate of drug-likeness (QED) is 0.267. The van der Waals surface area contributed by atoms with Gasteiger partial charge in [0.05, 0.1) is 36.4 Å². The van der Waals surface area contributed by atoms with Gasteiger partial charge in [0, 0.05) is 17.3 Å². The zero-order chi connectivity index (χ0) is 31.9. The van der Waals surface area contributed by atoms with E-state index in [2.05, 4.69) is 20.8 Å². The van der Waals surface area contributed by atoms with Crippen molar-refractivity contribution in [3.63, 3.8) is 0 Å². The number of aliphatic hydroxyl groups excluding tert-OH is 5. The molecule has 6 rings (SSSR count). The summed E-state index contributed by atoms with van der Waals surface area (Å²) < 4.78 is 0. The average Bonchev–Trinajstić information content (AvgIpc) is 2.93. The van der Waals surface area contributed by atoms with Crippen LogP contribution in [0.5, 0.6) is 0 Å². The number of hydrogen-bond acceptors (Lipinski definition) is 7. The van der Waals surface area contributed by atoms with E-state index in [-0.39, 0.29) is 18.3 Å². The van der Waals surface area contributed by atoms with Crippen molar-refractivity contribution in [3.8, 4) is 0 Å². The van der Waals surface area contributed by atoms with Gasteiger partial charge in [0.2, 0.25) is 0 Å². The third-order valence-corrected chi connectivity index (χ3v) is 15.0. The molecule has 0 aromatic heterocycles. The smallest absolute Gasteiger partial charge is 0.138 e. The van der Waals surface area contributed by atoms with E-state index in [0.717, 1.165) is 30.6 Å². The molecular weight excluding hydrogens is 556 g/mol. The summed E-state index contributed by atoms with van der Waals surface area (Å²) in [5.41, 5.74) is -3.65. The Hall–Kier alpha value is -0.570. The van der Waals surface area contributed by atoms with Crippen molar-refractivity contribution in [3.05, 3.63) is 0 Å². The van der Waals surface area contributed by atoms with E-state index in [1.165, 1.54) is 58.3 Å². The molecule has 6 saturated carbocycles. The highest BCUT2D eigenvalue weighted by Gasteiger charge is 2.73. The monoisotopic (exact) mass is 618 g/mol. The van der Waals surface area contributed by atoms with Crippen molar-refractivity contribution in [1.82, 2.24) is 0 Å². The van der Waals surface area contributed by atoms with Crippen LogP contribution in [0.4, 0.5) is 0 Å². The van der Waals surface area contributed by atoms with Gasteiger partial charge < -0.3 is 30.6 Å². The molecule has 0 aromatic rings. The maximum absolute atomic E-state index is 12.5. The number of Topliss-reactive ketones (excluding diaryl/α,β-unsaturated/α-hetero) is 1. The molecule has 7 heteroatoms. The van der Waals surface area contributed by atoms with Crippen molar-refractivity contribution >= 4 is 5.78 Å². The molecule has 0 aliphatic heterocycles. The number of ketones is 1. The van der Waals surface area contributed by atoms with Crippen molar-refractivity contribution in [2.75, 3.05) is 0 Å². The number of fused-ring (bicyclic) bond motifs is 4. The van der Waals surface area contributed by atoms with E-state index in [1.807, 2.05) is 6.92 Å². The second-order valence-electron chi connectivity index (χ2n) is 17.9. The minimum atomic E-state index is -2.05. The molecule has 6 aliphatic carbocycles. The molecule has 7 nitrogen and oxygen atoms in total. The standard InChI is InChI=1S/C37H62O7/c1-19(2)10-11-21-12-13-24(23-9-7-6-8-22(21)23)25-14-15-27(39)30-26(25)16-35(4)18-36(5)17-28(40)29(20(3)38)33(42)37(36,44)34(43)31(35)32(30)41/h19,21-34,39-44H,6-18H2,1-5H3/t21?,22?,23?,24?,25?,26?,27?,28?,29?,30?,31?,32?,33?,34?,35-,36+,37+/m0/s1. The number of carbonyl (C=O) groups is 1. The second-order valence-corrected chi connectivity index (χ2v) is 17.9. The molecule has 0 bridgehead atoms. The van der Waals surface area contributed by atoms with Crippen LogP contribution in [0.25, 0.3) is 0 Å². The molecule has 0 saturated heterocycles. The lowest BCUT2D eigenvalue weighted by atomic mass is 9.39. The lowest BCUT2D eigenvalue weighted by Crippen LogP contribution is -2.78. The van der Waals surface area contributed by atoms with Crippen LogP contribution in [-0.2, 0) is 4.79 Å². The minimum absolute atomic E-state index is 0.102. The summed E-state index contributed by atoms with van der Waals surface area (Å²) in [5, 5.41) is 70.4. The normalized spacial score (nSPS) is 55.8. The highest BCUT2D eigenvalue weighted by molar-refractivity contribution is 5.80. The number of aliphatic hydroxyl groups is 6.